The summed E-state index contributed by atoms with van der Waals surface area (Å²) >= 11 is 0. The Hall–Kier alpha value is -2.53. The number of carbonyl (C=O) groups excluding carboxylic acids is 1. The van der Waals surface area contributed by atoms with Crippen LogP contribution in [0.2, 0.25) is 0 Å². The average Bonchev–Trinajstić information content (AvgIpc) is 3.54. The van der Waals surface area contributed by atoms with Gasteiger partial charge in [0.2, 0.25) is 0 Å². The Balaban J connectivity index is 1.61. The highest BCUT2D eigenvalue weighted by Gasteiger charge is 2.42. The highest BCUT2D eigenvalue weighted by atomic mass is 16.6. The van der Waals surface area contributed by atoms with Crippen molar-refractivity contribution in [2.45, 2.75) is 57.7 Å². The molecule has 1 amide bonds. The van der Waals surface area contributed by atoms with E-state index in [-0.39, 0.29) is 24.1 Å². The van der Waals surface area contributed by atoms with Crippen LogP contribution in [0.1, 0.15) is 45.6 Å². The third-order valence-corrected chi connectivity index (χ3v) is 6.22. The number of rotatable bonds is 8. The fourth-order valence-corrected chi connectivity index (χ4v) is 4.67. The molecule has 32 heavy (non-hydrogen) atoms. The van der Waals surface area contributed by atoms with Crippen molar-refractivity contribution in [1.29, 1.82) is 0 Å². The van der Waals surface area contributed by atoms with Crippen LogP contribution in [0.4, 0.5) is 4.79 Å². The quantitative estimate of drug-likeness (QED) is 0.521. The Kier molecular flexibility index (Phi) is 6.75. The lowest BCUT2D eigenvalue weighted by Crippen LogP contribution is -2.40. The molecule has 1 fully saturated rings. The second-order valence-electron chi connectivity index (χ2n) is 9.97. The van der Waals surface area contributed by atoms with Gasteiger partial charge in [-0.1, -0.05) is 48.6 Å². The van der Waals surface area contributed by atoms with Crippen molar-refractivity contribution >= 4 is 11.7 Å². The van der Waals surface area contributed by atoms with Crippen molar-refractivity contribution in [1.82, 2.24) is 9.80 Å². The molecule has 0 spiro atoms. The summed E-state index contributed by atoms with van der Waals surface area (Å²) in [4.78, 5) is 17.4. The lowest BCUT2D eigenvalue weighted by atomic mass is 9.80. The minimum absolute atomic E-state index is 0.202. The largest absolute Gasteiger partial charge is 0.444 e. The third-order valence-electron chi connectivity index (χ3n) is 6.22. The monoisotopic (exact) mass is 436 g/mol. The molecule has 1 heterocycles. The molecule has 0 saturated heterocycles. The van der Waals surface area contributed by atoms with Gasteiger partial charge >= 0.3 is 6.09 Å². The molecule has 0 aromatic heterocycles. The molecule has 0 N–H and O–H groups in total. The van der Waals surface area contributed by atoms with Crippen LogP contribution in [-0.2, 0) is 9.47 Å². The predicted octanol–water partition coefficient (Wildman–Crippen LogP) is 5.26. The second kappa shape index (κ2) is 9.53. The van der Waals surface area contributed by atoms with E-state index in [9.17, 15) is 4.79 Å². The van der Waals surface area contributed by atoms with E-state index in [1.165, 1.54) is 16.7 Å². The topological polar surface area (TPSA) is 42.0 Å². The van der Waals surface area contributed by atoms with Gasteiger partial charge in [-0.25, -0.2) is 4.79 Å². The van der Waals surface area contributed by atoms with E-state index >= 15 is 0 Å². The first-order valence-corrected chi connectivity index (χ1v) is 11.8. The lowest BCUT2D eigenvalue weighted by molar-refractivity contribution is 0.0249. The normalized spacial score (nSPS) is 22.3. The summed E-state index contributed by atoms with van der Waals surface area (Å²) in [5.41, 5.74) is 3.35. The maximum absolute atomic E-state index is 13.0. The standard InChI is InChI=1S/C27H36N2O3/c1-27(2,3)32-26(30)29(22-14-15-22)19-21-18-28(16-9-17-31-4)24-13-8-12-23(25(21)24)20-10-6-5-7-11-20/h5-8,10-13,18,22,24-25H,9,14-17,19H2,1-4H3. The fourth-order valence-electron chi connectivity index (χ4n) is 4.67. The summed E-state index contributed by atoms with van der Waals surface area (Å²) in [6, 6.07) is 11.2. The van der Waals surface area contributed by atoms with E-state index in [2.05, 4.69) is 59.7 Å². The van der Waals surface area contributed by atoms with Gasteiger partial charge in [0.15, 0.2) is 0 Å². The smallest absolute Gasteiger partial charge is 0.410 e. The molecule has 2 unspecified atom stereocenters. The van der Waals surface area contributed by atoms with E-state index in [0.717, 1.165) is 32.4 Å². The second-order valence-corrected chi connectivity index (χ2v) is 9.97. The van der Waals surface area contributed by atoms with E-state index in [1.54, 1.807) is 7.11 Å². The van der Waals surface area contributed by atoms with Crippen molar-refractivity contribution in [2.24, 2.45) is 5.92 Å². The predicted molar refractivity (Wildman–Crippen MR) is 128 cm³/mol. The summed E-state index contributed by atoms with van der Waals surface area (Å²) in [5.74, 6) is 0.230. The summed E-state index contributed by atoms with van der Waals surface area (Å²) < 4.78 is 11.1. The molecule has 0 bridgehead atoms. The molecule has 5 nitrogen and oxygen atoms in total. The van der Waals surface area contributed by atoms with Crippen LogP contribution in [0.25, 0.3) is 5.57 Å². The first-order valence-electron chi connectivity index (χ1n) is 11.8. The van der Waals surface area contributed by atoms with Gasteiger partial charge in [-0.2, -0.15) is 0 Å². The number of methoxy groups -OCH3 is 1. The number of ether oxygens (including phenoxy) is 2. The zero-order valence-corrected chi connectivity index (χ0v) is 19.8. The zero-order chi connectivity index (χ0) is 22.7. The van der Waals surface area contributed by atoms with Crippen LogP contribution in [-0.4, -0.2) is 60.4 Å². The summed E-state index contributed by atoms with van der Waals surface area (Å²) in [7, 11) is 1.75. The minimum Gasteiger partial charge on any atom is -0.444 e. The number of amides is 1. The molecule has 0 radical (unpaired) electrons. The van der Waals surface area contributed by atoms with Gasteiger partial charge in [-0.15, -0.1) is 0 Å². The SMILES string of the molecule is COCCCN1C=C(CN(C(=O)OC(C)(C)C)C2CC2)C2C(c3ccccc3)=CC=CC21. The van der Waals surface area contributed by atoms with Crippen LogP contribution >= 0.6 is 0 Å². The van der Waals surface area contributed by atoms with Crippen LogP contribution in [0.3, 0.4) is 0 Å². The fraction of sp³-hybridized carbons (Fsp3) is 0.519. The highest BCUT2D eigenvalue weighted by Crippen LogP contribution is 2.43. The average molecular weight is 437 g/mol. The molecule has 1 saturated carbocycles. The van der Waals surface area contributed by atoms with Crippen molar-refractivity contribution in [2.75, 3.05) is 26.8 Å². The molecule has 3 aliphatic rings. The van der Waals surface area contributed by atoms with Crippen LogP contribution in [0, 0.1) is 5.92 Å². The van der Waals surface area contributed by atoms with Crippen LogP contribution < -0.4 is 0 Å². The molecule has 1 aromatic carbocycles. The summed E-state index contributed by atoms with van der Waals surface area (Å²) in [6.45, 7) is 8.08. The molecule has 2 aliphatic carbocycles. The maximum atomic E-state index is 13.0. The Morgan fingerprint density at radius 3 is 2.59 bits per heavy atom. The molecule has 1 aromatic rings. The van der Waals surface area contributed by atoms with Crippen molar-refractivity contribution in [3.05, 3.63) is 65.9 Å². The molecule has 172 valence electrons. The number of hydrogen-bond donors (Lipinski definition) is 0. The van der Waals surface area contributed by atoms with Crippen LogP contribution in [0.5, 0.6) is 0 Å². The van der Waals surface area contributed by atoms with E-state index in [4.69, 9.17) is 9.47 Å². The molecule has 1 aliphatic heterocycles. The minimum atomic E-state index is -0.494. The zero-order valence-electron chi connectivity index (χ0n) is 19.8. The molecule has 5 heteroatoms. The van der Waals surface area contributed by atoms with Gasteiger partial charge in [0.05, 0.1) is 6.04 Å². The van der Waals surface area contributed by atoms with Gasteiger partial charge < -0.3 is 19.3 Å². The summed E-state index contributed by atoms with van der Waals surface area (Å²) in [5, 5.41) is 0. The van der Waals surface area contributed by atoms with Crippen molar-refractivity contribution in [3.63, 3.8) is 0 Å². The lowest BCUT2D eigenvalue weighted by Gasteiger charge is -2.33. The highest BCUT2D eigenvalue weighted by molar-refractivity contribution is 5.75. The Morgan fingerprint density at radius 2 is 1.94 bits per heavy atom. The number of fused-ring (bicyclic) bond motifs is 1. The van der Waals surface area contributed by atoms with Crippen LogP contribution in [0.15, 0.2) is 60.3 Å². The van der Waals surface area contributed by atoms with Gasteiger partial charge in [-0.05, 0) is 56.7 Å². The van der Waals surface area contributed by atoms with Gasteiger partial charge in [0.25, 0.3) is 0 Å². The van der Waals surface area contributed by atoms with E-state index in [1.807, 2.05) is 25.7 Å². The van der Waals surface area contributed by atoms with Gasteiger partial charge in [0.1, 0.15) is 5.60 Å². The maximum Gasteiger partial charge on any atom is 0.410 e. The molecule has 2 atom stereocenters. The summed E-state index contributed by atoms with van der Waals surface area (Å²) in [6.07, 6.45) is 11.9. The number of allylic oxidation sites excluding steroid dienone is 2. The first-order chi connectivity index (χ1) is 15.4. The third kappa shape index (κ3) is 5.26. The van der Waals surface area contributed by atoms with Gasteiger partial charge in [-0.3, -0.25) is 0 Å². The van der Waals surface area contributed by atoms with E-state index < -0.39 is 5.60 Å². The van der Waals surface area contributed by atoms with Crippen molar-refractivity contribution in [3.8, 4) is 0 Å². The molecular formula is C27H36N2O3. The number of benzene rings is 1. The van der Waals surface area contributed by atoms with Gasteiger partial charge in [0, 0.05) is 45.0 Å². The number of carbonyl (C=O) groups is 1. The molecule has 4 rings (SSSR count). The van der Waals surface area contributed by atoms with Crippen molar-refractivity contribution < 1.29 is 14.3 Å². The Morgan fingerprint density at radius 1 is 1.19 bits per heavy atom. The Bertz CT molecular complexity index is 893. The Labute approximate surface area is 192 Å². The number of nitrogens with zero attached hydrogens (tertiary/aromatic N) is 2. The number of hydrogen-bond acceptors (Lipinski definition) is 4. The molecular weight excluding hydrogens is 400 g/mol. The van der Waals surface area contributed by atoms with E-state index in [0.29, 0.717) is 6.54 Å². The first kappa shape index (κ1) is 22.7.